The lowest BCUT2D eigenvalue weighted by Crippen LogP contribution is -2.23. The molecule has 0 bridgehead atoms. The lowest BCUT2D eigenvalue weighted by Gasteiger charge is -2.06. The van der Waals surface area contributed by atoms with Crippen LogP contribution in [0, 0.1) is 0 Å². The number of carboxylic acid groups (broad SMARTS) is 1. The van der Waals surface area contributed by atoms with Gasteiger partial charge in [0, 0.05) is 0 Å². The minimum Gasteiger partial charge on any atom is -0.479 e. The lowest BCUT2D eigenvalue weighted by atomic mass is 10.0. The molecule has 0 radical (unpaired) electrons. The molecule has 3 nitrogen and oxygen atoms in total. The van der Waals surface area contributed by atoms with Crippen LogP contribution in [0.3, 0.4) is 0 Å². The molecular weight excluding hydrogens is 263 g/mol. The molecular formula is C12H12Cl2O3. The molecule has 17 heavy (non-hydrogen) atoms. The Labute approximate surface area is 109 Å². The van der Waals surface area contributed by atoms with Crippen molar-refractivity contribution in [3.63, 3.8) is 0 Å². The van der Waals surface area contributed by atoms with E-state index in [1.165, 1.54) is 0 Å². The van der Waals surface area contributed by atoms with Crippen molar-refractivity contribution < 1.29 is 14.6 Å². The van der Waals surface area contributed by atoms with E-state index in [1.54, 1.807) is 6.07 Å². The Hall–Kier alpha value is -0.770. The first-order valence-electron chi connectivity index (χ1n) is 5.35. The number of carboxylic acids is 1. The van der Waals surface area contributed by atoms with Gasteiger partial charge in [-0.15, -0.1) is 0 Å². The van der Waals surface area contributed by atoms with Crippen LogP contribution in [-0.2, 0) is 16.0 Å². The van der Waals surface area contributed by atoms with E-state index in [2.05, 4.69) is 0 Å². The molecule has 1 heterocycles. The van der Waals surface area contributed by atoms with Gasteiger partial charge in [-0.2, -0.15) is 0 Å². The summed E-state index contributed by atoms with van der Waals surface area (Å²) in [7, 11) is 0. The first-order valence-corrected chi connectivity index (χ1v) is 6.10. The Morgan fingerprint density at radius 2 is 2.12 bits per heavy atom. The highest BCUT2D eigenvalue weighted by Crippen LogP contribution is 2.33. The van der Waals surface area contributed by atoms with Crippen LogP contribution < -0.4 is 0 Å². The van der Waals surface area contributed by atoms with Crippen LogP contribution in [0.1, 0.15) is 18.4 Å². The Kier molecular flexibility index (Phi) is 3.61. The van der Waals surface area contributed by atoms with Crippen LogP contribution in [0.25, 0.3) is 0 Å². The Morgan fingerprint density at radius 3 is 2.65 bits per heavy atom. The summed E-state index contributed by atoms with van der Waals surface area (Å²) < 4.78 is 4.99. The molecule has 1 N–H and O–H groups in total. The van der Waals surface area contributed by atoms with E-state index >= 15 is 0 Å². The first-order chi connectivity index (χ1) is 8.03. The van der Waals surface area contributed by atoms with Crippen molar-refractivity contribution in [1.82, 2.24) is 0 Å². The van der Waals surface area contributed by atoms with E-state index in [-0.39, 0.29) is 0 Å². The third-order valence-electron chi connectivity index (χ3n) is 2.91. The van der Waals surface area contributed by atoms with E-state index in [9.17, 15) is 4.79 Å². The molecule has 1 aliphatic rings. The van der Waals surface area contributed by atoms with Crippen molar-refractivity contribution >= 4 is 29.2 Å². The molecule has 1 atom stereocenters. The number of ether oxygens (including phenoxy) is 1. The fraction of sp³-hybridized carbons (Fsp3) is 0.417. The predicted octanol–water partition coefficient (Wildman–Crippen LogP) is 3.17. The van der Waals surface area contributed by atoms with E-state index in [4.69, 9.17) is 33.0 Å². The number of halogens is 2. The van der Waals surface area contributed by atoms with Crippen LogP contribution in [0.2, 0.25) is 10.0 Å². The summed E-state index contributed by atoms with van der Waals surface area (Å²) in [4.78, 5) is 10.9. The molecule has 0 amide bonds. The van der Waals surface area contributed by atoms with Crippen molar-refractivity contribution in [2.75, 3.05) is 6.61 Å². The second-order valence-corrected chi connectivity index (χ2v) is 5.00. The van der Waals surface area contributed by atoms with Crippen molar-refractivity contribution in [3.8, 4) is 0 Å². The van der Waals surface area contributed by atoms with Gasteiger partial charge < -0.3 is 9.84 Å². The Bertz CT molecular complexity index is 441. The minimum atomic E-state index is -0.920. The van der Waals surface area contributed by atoms with Crippen molar-refractivity contribution in [2.24, 2.45) is 0 Å². The van der Waals surface area contributed by atoms with Crippen LogP contribution in [0.4, 0.5) is 0 Å². The summed E-state index contributed by atoms with van der Waals surface area (Å²) in [6, 6.07) is 5.46. The maximum absolute atomic E-state index is 10.9. The third-order valence-corrected chi connectivity index (χ3v) is 3.65. The molecule has 1 aromatic rings. The van der Waals surface area contributed by atoms with E-state index in [1.807, 2.05) is 12.1 Å². The van der Waals surface area contributed by atoms with Gasteiger partial charge in [0.25, 0.3) is 0 Å². The second kappa shape index (κ2) is 4.84. The number of aliphatic carboxylic acids is 1. The van der Waals surface area contributed by atoms with Crippen molar-refractivity contribution in [1.29, 1.82) is 0 Å². The van der Waals surface area contributed by atoms with Gasteiger partial charge in [0.2, 0.25) is 0 Å². The van der Waals surface area contributed by atoms with Crippen molar-refractivity contribution in [2.45, 2.75) is 24.9 Å². The predicted molar refractivity (Wildman–Crippen MR) is 65.7 cm³/mol. The van der Waals surface area contributed by atoms with Crippen LogP contribution in [0.5, 0.6) is 0 Å². The fourth-order valence-electron chi connectivity index (χ4n) is 1.74. The summed E-state index contributed by atoms with van der Waals surface area (Å²) in [5.74, 6) is -0.869. The summed E-state index contributed by atoms with van der Waals surface area (Å²) in [5.41, 5.74) is 0.136. The van der Waals surface area contributed by atoms with Gasteiger partial charge in [0.15, 0.2) is 5.60 Å². The first kappa shape index (κ1) is 12.7. The number of hydrogen-bond acceptors (Lipinski definition) is 2. The summed E-state index contributed by atoms with van der Waals surface area (Å²) in [5, 5.41) is 9.98. The molecule has 0 aromatic heterocycles. The summed E-state index contributed by atoms with van der Waals surface area (Å²) in [6.07, 6.45) is 2.06. The molecule has 0 spiro atoms. The molecule has 1 aliphatic heterocycles. The zero-order valence-electron chi connectivity index (χ0n) is 9.08. The van der Waals surface area contributed by atoms with E-state index < -0.39 is 11.6 Å². The molecule has 1 fully saturated rings. The van der Waals surface area contributed by atoms with Crippen molar-refractivity contribution in [3.05, 3.63) is 33.8 Å². The van der Waals surface area contributed by atoms with Gasteiger partial charge in [0.05, 0.1) is 16.7 Å². The fourth-order valence-corrected chi connectivity index (χ4v) is 2.06. The zero-order chi connectivity index (χ0) is 12.5. The number of hydrogen-bond donors (Lipinski definition) is 1. The normalized spacial score (nSPS) is 22.5. The quantitative estimate of drug-likeness (QED) is 0.840. The second-order valence-electron chi connectivity index (χ2n) is 4.19. The highest BCUT2D eigenvalue weighted by atomic mass is 35.5. The lowest BCUT2D eigenvalue weighted by molar-refractivity contribution is -0.143. The molecule has 1 unspecified atom stereocenters. The average Bonchev–Trinajstić information content (AvgIpc) is 3.04. The molecule has 1 aromatic carbocycles. The van der Waals surface area contributed by atoms with Gasteiger partial charge >= 0.3 is 5.97 Å². The summed E-state index contributed by atoms with van der Waals surface area (Å²) in [6.45, 7) is 0.323. The third kappa shape index (κ3) is 2.92. The number of rotatable bonds is 5. The number of aryl methyl sites for hydroxylation is 1. The maximum Gasteiger partial charge on any atom is 0.338 e. The summed E-state index contributed by atoms with van der Waals surface area (Å²) >= 11 is 11.7. The molecule has 5 heteroatoms. The zero-order valence-corrected chi connectivity index (χ0v) is 10.6. The highest BCUT2D eigenvalue weighted by Gasteiger charge is 2.51. The monoisotopic (exact) mass is 274 g/mol. The van der Waals surface area contributed by atoms with E-state index in [0.29, 0.717) is 23.1 Å². The molecule has 92 valence electrons. The van der Waals surface area contributed by atoms with Gasteiger partial charge in [0.1, 0.15) is 0 Å². The molecule has 0 aliphatic carbocycles. The van der Waals surface area contributed by atoms with Crippen LogP contribution >= 0.6 is 23.2 Å². The van der Waals surface area contributed by atoms with Gasteiger partial charge in [-0.3, -0.25) is 0 Å². The average molecular weight is 275 g/mol. The van der Waals surface area contributed by atoms with E-state index in [0.717, 1.165) is 18.4 Å². The largest absolute Gasteiger partial charge is 0.479 e. The number of benzene rings is 1. The SMILES string of the molecule is O=C(O)C1(CCCc2ccc(Cl)c(Cl)c2)CO1. The minimum absolute atomic E-state index is 0.323. The maximum atomic E-state index is 10.9. The highest BCUT2D eigenvalue weighted by molar-refractivity contribution is 6.42. The van der Waals surface area contributed by atoms with Crippen LogP contribution in [-0.4, -0.2) is 23.3 Å². The molecule has 0 saturated carbocycles. The Morgan fingerprint density at radius 1 is 1.41 bits per heavy atom. The van der Waals surface area contributed by atoms with Gasteiger partial charge in [-0.05, 0) is 37.0 Å². The van der Waals surface area contributed by atoms with Crippen LogP contribution in [0.15, 0.2) is 18.2 Å². The topological polar surface area (TPSA) is 49.8 Å². The number of carbonyl (C=O) groups is 1. The number of epoxide rings is 1. The Balaban J connectivity index is 1.86. The standard InChI is InChI=1S/C12H12Cl2O3/c13-9-4-3-8(6-10(9)14)2-1-5-12(7-17-12)11(15)16/h3-4,6H,1-2,5,7H2,(H,15,16). The van der Waals surface area contributed by atoms with Gasteiger partial charge in [-0.1, -0.05) is 29.3 Å². The molecule has 1 saturated heterocycles. The molecule has 2 rings (SSSR count). The van der Waals surface area contributed by atoms with Gasteiger partial charge in [-0.25, -0.2) is 4.79 Å². The smallest absolute Gasteiger partial charge is 0.338 e.